The average Bonchev–Trinajstić information content (AvgIpc) is 2.00. The predicted molar refractivity (Wildman–Crippen MR) is 52.1 cm³/mol. The van der Waals surface area contributed by atoms with E-state index in [4.69, 9.17) is 5.53 Å². The second-order valence-electron chi connectivity index (χ2n) is 3.31. The maximum atomic E-state index is 6.57. The Morgan fingerprint density at radius 3 is 2.67 bits per heavy atom. The summed E-state index contributed by atoms with van der Waals surface area (Å²) < 4.78 is 0. The molecule has 0 amide bonds. The van der Waals surface area contributed by atoms with E-state index in [9.17, 15) is 0 Å². The first-order chi connectivity index (χ1) is 5.66. The van der Waals surface area contributed by atoms with Gasteiger partial charge in [-0.05, 0) is 32.6 Å². The van der Waals surface area contributed by atoms with Gasteiger partial charge in [-0.1, -0.05) is 24.6 Å². The normalized spacial score (nSPS) is 12.9. The minimum absolute atomic E-state index is 0.523. The van der Waals surface area contributed by atoms with E-state index in [0.717, 1.165) is 12.8 Å². The lowest BCUT2D eigenvalue weighted by Gasteiger charge is -2.01. The van der Waals surface area contributed by atoms with Crippen LogP contribution in [0.5, 0.6) is 0 Å². The third-order valence-electron chi connectivity index (χ3n) is 1.66. The molecule has 0 spiro atoms. The van der Waals surface area contributed by atoms with Crippen LogP contribution in [0.1, 0.15) is 33.6 Å². The van der Waals surface area contributed by atoms with Gasteiger partial charge in [-0.3, -0.25) is 0 Å². The summed E-state index contributed by atoms with van der Waals surface area (Å²) in [5, 5.41) is 3.17. The first-order valence-corrected chi connectivity index (χ1v) is 4.33. The first kappa shape index (κ1) is 11.1. The van der Waals surface area contributed by atoms with Crippen molar-refractivity contribution >= 4 is 0 Å². The molecule has 0 radical (unpaired) electrons. The van der Waals surface area contributed by atoms with E-state index in [0.29, 0.717) is 5.92 Å². The molecular weight excluding hydrogens is 148 g/mol. The van der Waals surface area contributed by atoms with Crippen molar-refractivity contribution in [3.05, 3.63) is 23.9 Å². The van der Waals surface area contributed by atoms with Gasteiger partial charge in [0.1, 0.15) is 0 Å². The summed E-state index contributed by atoms with van der Waals surface area (Å²) in [7, 11) is 0. The molecule has 0 bridgehead atoms. The van der Waals surface area contributed by atoms with Crippen LogP contribution in [-0.4, -0.2) is 0 Å². The van der Waals surface area contributed by atoms with Crippen LogP contribution in [0.4, 0.5) is 0 Å². The molecule has 1 atom stereocenters. The van der Waals surface area contributed by atoms with Crippen molar-refractivity contribution in [3.8, 4) is 0 Å². The largest absolute Gasteiger partial charge is 0.205 e. The molecule has 2 nitrogen and oxygen atoms in total. The molecule has 12 heavy (non-hydrogen) atoms. The van der Waals surface area contributed by atoms with E-state index in [2.05, 4.69) is 32.0 Å². The molecule has 0 fully saturated rings. The van der Waals surface area contributed by atoms with Gasteiger partial charge in [-0.2, -0.15) is 5.11 Å². The number of nitrogens with zero attached hydrogens (tertiary/aromatic N) is 1. The van der Waals surface area contributed by atoms with E-state index >= 15 is 0 Å². The molecule has 1 N–H and O–H groups in total. The van der Waals surface area contributed by atoms with Crippen LogP contribution in [0.15, 0.2) is 29.0 Å². The van der Waals surface area contributed by atoms with Crippen molar-refractivity contribution in [2.45, 2.75) is 33.6 Å². The van der Waals surface area contributed by atoms with Gasteiger partial charge in [0, 0.05) is 6.20 Å². The standard InChI is InChI=1S/C10H18N2/c1-9(2)5-4-6-10(3)7-8-12-11/h5,7-8,10-11H,4,6H2,1-3H3. The highest BCUT2D eigenvalue weighted by molar-refractivity contribution is 4.94. The maximum Gasteiger partial charge on any atom is 0.0451 e. The summed E-state index contributed by atoms with van der Waals surface area (Å²) in [5.74, 6) is 0.523. The van der Waals surface area contributed by atoms with Crippen LogP contribution in [0.3, 0.4) is 0 Å². The van der Waals surface area contributed by atoms with Gasteiger partial charge in [-0.15, -0.1) is 0 Å². The Morgan fingerprint density at radius 1 is 1.50 bits per heavy atom. The average molecular weight is 166 g/mol. The van der Waals surface area contributed by atoms with Gasteiger partial charge < -0.3 is 0 Å². The van der Waals surface area contributed by atoms with Gasteiger partial charge in [0.15, 0.2) is 0 Å². The number of hydrogen-bond acceptors (Lipinski definition) is 2. The monoisotopic (exact) mass is 166 g/mol. The molecule has 1 unspecified atom stereocenters. The fourth-order valence-corrected chi connectivity index (χ4v) is 0.921. The number of allylic oxidation sites excluding steroid dienone is 3. The van der Waals surface area contributed by atoms with Crippen LogP contribution in [0.2, 0.25) is 0 Å². The molecule has 0 saturated carbocycles. The second kappa shape index (κ2) is 6.77. The Morgan fingerprint density at radius 2 is 2.17 bits per heavy atom. The van der Waals surface area contributed by atoms with E-state index in [-0.39, 0.29) is 0 Å². The minimum Gasteiger partial charge on any atom is -0.205 e. The second-order valence-corrected chi connectivity index (χ2v) is 3.31. The molecule has 68 valence electrons. The zero-order valence-corrected chi connectivity index (χ0v) is 8.17. The molecule has 2 heteroatoms. The summed E-state index contributed by atoms with van der Waals surface area (Å²) in [6.45, 7) is 6.36. The number of hydrogen-bond donors (Lipinski definition) is 1. The Labute approximate surface area is 74.9 Å². The molecule has 0 saturated heterocycles. The summed E-state index contributed by atoms with van der Waals surface area (Å²) in [4.78, 5) is 0. The molecule has 0 aliphatic heterocycles. The topological polar surface area (TPSA) is 36.2 Å². The van der Waals surface area contributed by atoms with Crippen molar-refractivity contribution in [1.29, 1.82) is 5.53 Å². The van der Waals surface area contributed by atoms with Crippen LogP contribution >= 0.6 is 0 Å². The number of nitrogens with one attached hydrogen (secondary N) is 1. The molecular formula is C10H18N2. The van der Waals surface area contributed by atoms with Crippen molar-refractivity contribution in [2.75, 3.05) is 0 Å². The van der Waals surface area contributed by atoms with Gasteiger partial charge in [-0.25, -0.2) is 5.53 Å². The lowest BCUT2D eigenvalue weighted by molar-refractivity contribution is 0.654. The smallest absolute Gasteiger partial charge is 0.0451 e. The zero-order valence-electron chi connectivity index (χ0n) is 8.17. The highest BCUT2D eigenvalue weighted by atomic mass is 14.9. The SMILES string of the molecule is CC(C)=CCCC(C)C=CN=N. The maximum absolute atomic E-state index is 6.57. The van der Waals surface area contributed by atoms with Crippen molar-refractivity contribution in [3.63, 3.8) is 0 Å². The third-order valence-corrected chi connectivity index (χ3v) is 1.66. The van der Waals surface area contributed by atoms with Gasteiger partial charge in [0.2, 0.25) is 0 Å². The molecule has 0 aliphatic rings. The van der Waals surface area contributed by atoms with Gasteiger partial charge in [0.05, 0.1) is 0 Å². The number of rotatable bonds is 5. The fourth-order valence-electron chi connectivity index (χ4n) is 0.921. The first-order valence-electron chi connectivity index (χ1n) is 4.33. The molecule has 0 aromatic heterocycles. The van der Waals surface area contributed by atoms with E-state index in [1.54, 1.807) is 6.20 Å². The zero-order chi connectivity index (χ0) is 9.40. The molecule has 0 aromatic carbocycles. The third kappa shape index (κ3) is 7.19. The Bertz CT molecular complexity index is 176. The van der Waals surface area contributed by atoms with E-state index < -0.39 is 0 Å². The van der Waals surface area contributed by atoms with Crippen LogP contribution in [-0.2, 0) is 0 Å². The van der Waals surface area contributed by atoms with E-state index in [1.807, 2.05) is 6.08 Å². The van der Waals surface area contributed by atoms with Gasteiger partial charge in [0.25, 0.3) is 0 Å². The highest BCUT2D eigenvalue weighted by Crippen LogP contribution is 2.08. The van der Waals surface area contributed by atoms with Crippen LogP contribution in [0.25, 0.3) is 0 Å². The highest BCUT2D eigenvalue weighted by Gasteiger charge is 1.93. The summed E-state index contributed by atoms with van der Waals surface area (Å²) in [6.07, 6.45) is 8.00. The van der Waals surface area contributed by atoms with Crippen molar-refractivity contribution < 1.29 is 0 Å². The van der Waals surface area contributed by atoms with E-state index in [1.165, 1.54) is 5.57 Å². The lowest BCUT2D eigenvalue weighted by Crippen LogP contribution is -1.87. The molecule has 0 aromatic rings. The van der Waals surface area contributed by atoms with Gasteiger partial charge >= 0.3 is 0 Å². The molecule has 0 rings (SSSR count). The summed E-state index contributed by atoms with van der Waals surface area (Å²) in [6, 6.07) is 0. The summed E-state index contributed by atoms with van der Waals surface area (Å²) in [5.41, 5.74) is 7.94. The lowest BCUT2D eigenvalue weighted by atomic mass is 10.0. The van der Waals surface area contributed by atoms with Crippen molar-refractivity contribution in [1.82, 2.24) is 0 Å². The van der Waals surface area contributed by atoms with Crippen LogP contribution < -0.4 is 0 Å². The fraction of sp³-hybridized carbons (Fsp3) is 0.600. The van der Waals surface area contributed by atoms with Crippen molar-refractivity contribution in [2.24, 2.45) is 11.0 Å². The van der Waals surface area contributed by atoms with Crippen LogP contribution in [0, 0.1) is 11.4 Å². The molecule has 0 aliphatic carbocycles. The Kier molecular flexibility index (Phi) is 6.25. The predicted octanol–water partition coefficient (Wildman–Crippen LogP) is 3.91. The minimum atomic E-state index is 0.523. The summed E-state index contributed by atoms with van der Waals surface area (Å²) >= 11 is 0. The Balaban J connectivity index is 3.57. The quantitative estimate of drug-likeness (QED) is 0.475. The Hall–Kier alpha value is -0.920. The molecule has 0 heterocycles.